The van der Waals surface area contributed by atoms with E-state index in [1.54, 1.807) is 4.57 Å². The first-order valence-corrected chi connectivity index (χ1v) is 9.94. The van der Waals surface area contributed by atoms with Gasteiger partial charge in [0.1, 0.15) is 18.5 Å². The van der Waals surface area contributed by atoms with Crippen LogP contribution in [-0.2, 0) is 10.2 Å². The number of nitrogens with one attached hydrogen (secondary N) is 1. The maximum atomic E-state index is 10.7. The molecule has 0 saturated carbocycles. The molecule has 0 unspecified atom stereocenters. The minimum absolute atomic E-state index is 0.118. The number of hydrogen-bond acceptors (Lipinski definition) is 10. The van der Waals surface area contributed by atoms with E-state index in [9.17, 15) is 10.2 Å². The third-order valence-corrected chi connectivity index (χ3v) is 4.90. The van der Waals surface area contributed by atoms with Gasteiger partial charge < -0.3 is 24.8 Å². The van der Waals surface area contributed by atoms with E-state index in [4.69, 9.17) is 9.26 Å². The van der Waals surface area contributed by atoms with Crippen LogP contribution in [0.4, 0.5) is 5.82 Å². The van der Waals surface area contributed by atoms with Crippen molar-refractivity contribution in [2.75, 3.05) is 11.9 Å². The van der Waals surface area contributed by atoms with Gasteiger partial charge in [0.25, 0.3) is 5.89 Å². The average Bonchev–Trinajstić information content (AvgIpc) is 3.39. The Kier molecular flexibility index (Phi) is 5.20. The second kappa shape index (κ2) is 7.56. The smallest absolute Gasteiger partial charge is 0.258 e. The van der Waals surface area contributed by atoms with Crippen LogP contribution in [0.25, 0.3) is 11.2 Å². The number of nitrogens with zero attached hydrogens (tertiary/aromatic N) is 6. The third-order valence-electron chi connectivity index (χ3n) is 4.90. The van der Waals surface area contributed by atoms with E-state index in [0.717, 1.165) is 6.54 Å². The molecule has 3 aromatic rings. The van der Waals surface area contributed by atoms with E-state index < -0.39 is 24.5 Å². The number of ether oxygens (including phenoxy) is 1. The fraction of sp³-hybridized carbons (Fsp3) is 0.632. The molecular weight excluding hydrogens is 390 g/mol. The Morgan fingerprint density at radius 3 is 2.60 bits per heavy atom. The second-order valence-electron chi connectivity index (χ2n) is 8.96. The quantitative estimate of drug-likeness (QED) is 0.559. The number of hydrogen-bond donors (Lipinski definition) is 3. The van der Waals surface area contributed by atoms with Crippen LogP contribution < -0.4 is 5.32 Å². The van der Waals surface area contributed by atoms with Crippen LogP contribution in [0, 0.1) is 5.92 Å². The van der Waals surface area contributed by atoms with Crippen molar-refractivity contribution in [3.05, 3.63) is 24.4 Å². The molecule has 0 spiro atoms. The Morgan fingerprint density at radius 2 is 1.93 bits per heavy atom. The molecule has 30 heavy (non-hydrogen) atoms. The highest BCUT2D eigenvalue weighted by Crippen LogP contribution is 2.39. The summed E-state index contributed by atoms with van der Waals surface area (Å²) in [4.78, 5) is 17.3. The zero-order valence-corrected chi connectivity index (χ0v) is 17.6. The average molecular weight is 417 g/mol. The van der Waals surface area contributed by atoms with Gasteiger partial charge in [-0.1, -0.05) is 39.8 Å². The van der Waals surface area contributed by atoms with Crippen LogP contribution in [0.3, 0.4) is 0 Å². The molecule has 0 bridgehead atoms. The molecule has 3 N–H and O–H groups in total. The number of aromatic nitrogens is 6. The van der Waals surface area contributed by atoms with Crippen molar-refractivity contribution in [2.24, 2.45) is 5.92 Å². The summed E-state index contributed by atoms with van der Waals surface area (Å²) in [6, 6.07) is 0. The van der Waals surface area contributed by atoms with Crippen molar-refractivity contribution in [1.29, 1.82) is 0 Å². The fourth-order valence-electron chi connectivity index (χ4n) is 3.22. The SMILES string of the molecule is CC(C)CNc1ncnc2c1ncn2[C@@H]1O[C@H](c2nc(C(C)(C)C)no2)[C@@H](O)[C@H]1O. The fourth-order valence-corrected chi connectivity index (χ4v) is 3.22. The number of fused-ring (bicyclic) bond motifs is 1. The first kappa shape index (κ1) is 20.6. The molecule has 0 radical (unpaired) electrons. The van der Waals surface area contributed by atoms with Crippen LogP contribution in [0.5, 0.6) is 0 Å². The Morgan fingerprint density at radius 1 is 1.17 bits per heavy atom. The Labute approximate surface area is 173 Å². The number of aliphatic hydroxyl groups is 2. The standard InChI is InChI=1S/C19H27N7O4/c1-9(2)6-20-14-10-15(22-7-21-14)26(8-23-10)17-12(28)11(27)13(29-17)16-24-18(25-30-16)19(3,4)5/h7-9,11-13,17,27-28H,6H2,1-5H3,(H,20,21,22)/t11-,12+,13-,17+/m0/s1. The van der Waals surface area contributed by atoms with Gasteiger partial charge in [-0.25, -0.2) is 15.0 Å². The highest BCUT2D eigenvalue weighted by Gasteiger charge is 2.48. The zero-order valence-electron chi connectivity index (χ0n) is 17.6. The van der Waals surface area contributed by atoms with Crippen molar-refractivity contribution in [2.45, 2.75) is 64.6 Å². The minimum Gasteiger partial charge on any atom is -0.387 e. The lowest BCUT2D eigenvalue weighted by Crippen LogP contribution is -2.29. The number of aliphatic hydroxyl groups excluding tert-OH is 2. The van der Waals surface area contributed by atoms with Crippen molar-refractivity contribution >= 4 is 17.0 Å². The van der Waals surface area contributed by atoms with E-state index in [2.05, 4.69) is 44.3 Å². The zero-order chi connectivity index (χ0) is 21.6. The van der Waals surface area contributed by atoms with Gasteiger partial charge >= 0.3 is 0 Å². The van der Waals surface area contributed by atoms with Crippen molar-refractivity contribution in [3.8, 4) is 0 Å². The van der Waals surface area contributed by atoms with Crippen molar-refractivity contribution < 1.29 is 19.5 Å². The maximum absolute atomic E-state index is 10.7. The van der Waals surface area contributed by atoms with Crippen molar-refractivity contribution in [3.63, 3.8) is 0 Å². The molecule has 1 aliphatic heterocycles. The lowest BCUT2D eigenvalue weighted by atomic mass is 9.96. The molecule has 11 heteroatoms. The highest BCUT2D eigenvalue weighted by molar-refractivity contribution is 5.82. The molecule has 0 aromatic carbocycles. The Balaban J connectivity index is 1.62. The van der Waals surface area contributed by atoms with Crippen LogP contribution in [0.15, 0.2) is 17.2 Å². The van der Waals surface area contributed by atoms with E-state index >= 15 is 0 Å². The summed E-state index contributed by atoms with van der Waals surface area (Å²) in [5.41, 5.74) is 0.717. The predicted octanol–water partition coefficient (Wildman–Crippen LogP) is 1.57. The topological polar surface area (TPSA) is 144 Å². The maximum Gasteiger partial charge on any atom is 0.258 e. The van der Waals surface area contributed by atoms with Gasteiger partial charge in [-0.3, -0.25) is 4.57 Å². The van der Waals surface area contributed by atoms with Crippen LogP contribution in [-0.4, -0.2) is 58.6 Å². The third kappa shape index (κ3) is 3.64. The monoisotopic (exact) mass is 417 g/mol. The largest absolute Gasteiger partial charge is 0.387 e. The summed E-state index contributed by atoms with van der Waals surface area (Å²) in [5.74, 6) is 1.64. The lowest BCUT2D eigenvalue weighted by molar-refractivity contribution is -0.0451. The van der Waals surface area contributed by atoms with Crippen molar-refractivity contribution in [1.82, 2.24) is 29.7 Å². The molecule has 3 aromatic heterocycles. The molecule has 1 aliphatic rings. The Hall–Kier alpha value is -2.63. The van der Waals surface area contributed by atoms with Gasteiger partial charge in [0.15, 0.2) is 35.1 Å². The predicted molar refractivity (Wildman–Crippen MR) is 107 cm³/mol. The molecule has 162 valence electrons. The number of imidazole rings is 1. The van der Waals surface area contributed by atoms with Gasteiger partial charge in [0.05, 0.1) is 6.33 Å². The first-order valence-electron chi connectivity index (χ1n) is 9.94. The van der Waals surface area contributed by atoms with E-state index in [1.807, 2.05) is 20.8 Å². The second-order valence-corrected chi connectivity index (χ2v) is 8.96. The summed E-state index contributed by atoms with van der Waals surface area (Å²) >= 11 is 0. The molecule has 4 atom stereocenters. The summed E-state index contributed by atoms with van der Waals surface area (Å²) < 4.78 is 12.8. The highest BCUT2D eigenvalue weighted by atomic mass is 16.6. The minimum atomic E-state index is -1.25. The van der Waals surface area contributed by atoms with Crippen LogP contribution >= 0.6 is 0 Å². The van der Waals surface area contributed by atoms with E-state index in [0.29, 0.717) is 28.7 Å². The van der Waals surface area contributed by atoms with E-state index in [1.165, 1.54) is 12.7 Å². The summed E-state index contributed by atoms with van der Waals surface area (Å²) in [6.07, 6.45) is -1.44. The molecule has 4 rings (SSSR count). The number of rotatable bonds is 5. The van der Waals surface area contributed by atoms with Gasteiger partial charge in [0, 0.05) is 12.0 Å². The Bertz CT molecular complexity index is 1030. The molecule has 0 amide bonds. The van der Waals surface area contributed by atoms with Gasteiger partial charge in [-0.2, -0.15) is 4.98 Å². The molecule has 0 aliphatic carbocycles. The normalized spacial score (nSPS) is 24.8. The number of anilines is 1. The molecule has 4 heterocycles. The molecule has 11 nitrogen and oxygen atoms in total. The van der Waals surface area contributed by atoms with Gasteiger partial charge in [-0.05, 0) is 5.92 Å². The van der Waals surface area contributed by atoms with E-state index in [-0.39, 0.29) is 11.3 Å². The molecule has 1 fully saturated rings. The summed E-state index contributed by atoms with van der Waals surface area (Å²) in [7, 11) is 0. The summed E-state index contributed by atoms with van der Waals surface area (Å²) in [5, 5.41) is 28.5. The van der Waals surface area contributed by atoms with Gasteiger partial charge in [0.2, 0.25) is 0 Å². The van der Waals surface area contributed by atoms with Crippen LogP contribution in [0.1, 0.15) is 58.7 Å². The van der Waals surface area contributed by atoms with Crippen LogP contribution in [0.2, 0.25) is 0 Å². The molecule has 1 saturated heterocycles. The lowest BCUT2D eigenvalue weighted by Gasteiger charge is -2.16. The van der Waals surface area contributed by atoms with Gasteiger partial charge in [-0.15, -0.1) is 0 Å². The first-order chi connectivity index (χ1) is 14.2. The molecular formula is C19H27N7O4. The summed E-state index contributed by atoms with van der Waals surface area (Å²) in [6.45, 7) is 10.8.